The van der Waals surface area contributed by atoms with Crippen LogP contribution in [0.5, 0.6) is 0 Å². The van der Waals surface area contributed by atoms with E-state index in [9.17, 15) is 4.79 Å². The van der Waals surface area contributed by atoms with E-state index in [0.29, 0.717) is 18.7 Å². The topological polar surface area (TPSA) is 80.0 Å². The molecule has 0 aromatic carbocycles. The largest absolute Gasteiger partial charge is 0.396 e. The van der Waals surface area contributed by atoms with E-state index >= 15 is 0 Å². The second-order valence-corrected chi connectivity index (χ2v) is 6.76. The van der Waals surface area contributed by atoms with Gasteiger partial charge in [-0.05, 0) is 25.7 Å². The zero-order chi connectivity index (χ0) is 15.2. The van der Waals surface area contributed by atoms with E-state index in [0.717, 1.165) is 5.16 Å². The molecule has 1 aromatic heterocycles. The summed E-state index contributed by atoms with van der Waals surface area (Å²) >= 11 is 1.38. The van der Waals surface area contributed by atoms with Gasteiger partial charge in [0.05, 0.1) is 5.75 Å². The van der Waals surface area contributed by atoms with Gasteiger partial charge in [-0.15, -0.1) is 10.2 Å². The van der Waals surface area contributed by atoms with E-state index in [-0.39, 0.29) is 24.0 Å². The minimum absolute atomic E-state index is 0.0284. The van der Waals surface area contributed by atoms with Crippen molar-refractivity contribution in [2.75, 3.05) is 18.9 Å². The monoisotopic (exact) mass is 300 g/mol. The molecule has 0 bridgehead atoms. The Labute approximate surface area is 124 Å². The fourth-order valence-electron chi connectivity index (χ4n) is 1.60. The fraction of sp³-hybridized carbons (Fsp3) is 0.769. The highest BCUT2D eigenvalue weighted by atomic mass is 32.2. The Bertz CT molecular complexity index is 432. The van der Waals surface area contributed by atoms with Gasteiger partial charge < -0.3 is 15.0 Å². The number of aliphatic hydroxyl groups is 1. The van der Waals surface area contributed by atoms with Gasteiger partial charge in [0.1, 0.15) is 6.33 Å². The van der Waals surface area contributed by atoms with Crippen molar-refractivity contribution in [3.8, 4) is 0 Å². The molecule has 0 fully saturated rings. The molecule has 114 valence electrons. The van der Waals surface area contributed by atoms with E-state index in [1.165, 1.54) is 11.8 Å². The fourth-order valence-corrected chi connectivity index (χ4v) is 2.47. The molecule has 0 spiro atoms. The second kappa shape index (κ2) is 7.64. The van der Waals surface area contributed by atoms with Crippen LogP contribution in [0.1, 0.15) is 40.2 Å². The third kappa shape index (κ3) is 5.50. The third-order valence-corrected chi connectivity index (χ3v) is 3.94. The van der Waals surface area contributed by atoms with E-state index in [1.54, 1.807) is 6.33 Å². The van der Waals surface area contributed by atoms with Gasteiger partial charge in [-0.1, -0.05) is 25.6 Å². The molecular formula is C13H24N4O2S. The lowest BCUT2D eigenvalue weighted by atomic mass is 9.90. The first-order valence-electron chi connectivity index (χ1n) is 6.75. The summed E-state index contributed by atoms with van der Waals surface area (Å²) in [5, 5.41) is 20.5. The van der Waals surface area contributed by atoms with Crippen LogP contribution in [0.3, 0.4) is 0 Å². The Balaban J connectivity index is 2.38. The Hall–Kier alpha value is -1.08. The van der Waals surface area contributed by atoms with Crippen molar-refractivity contribution >= 4 is 17.7 Å². The predicted octanol–water partition coefficient (Wildman–Crippen LogP) is 1.48. The van der Waals surface area contributed by atoms with Crippen LogP contribution in [-0.2, 0) is 4.79 Å². The van der Waals surface area contributed by atoms with Crippen LogP contribution in [-0.4, -0.2) is 44.7 Å². The number of nitrogens with zero attached hydrogens (tertiary/aromatic N) is 3. The SMILES string of the molecule is CC(C)n1cnnc1SCC(=O)NCC(C)(C)CCO. The number of carbonyl (C=O) groups excluding carboxylic acids is 1. The lowest BCUT2D eigenvalue weighted by Gasteiger charge is -2.23. The van der Waals surface area contributed by atoms with E-state index in [2.05, 4.69) is 15.5 Å². The number of hydrogen-bond donors (Lipinski definition) is 2. The minimum Gasteiger partial charge on any atom is -0.396 e. The van der Waals surface area contributed by atoms with Gasteiger partial charge in [0, 0.05) is 19.2 Å². The predicted molar refractivity (Wildman–Crippen MR) is 79.6 cm³/mol. The summed E-state index contributed by atoms with van der Waals surface area (Å²) in [7, 11) is 0. The highest BCUT2D eigenvalue weighted by Crippen LogP contribution is 2.20. The standard InChI is InChI=1S/C13H24N4O2S/c1-10(2)17-9-15-16-12(17)20-7-11(19)14-8-13(3,4)5-6-18/h9-10,18H,5-8H2,1-4H3,(H,14,19). The number of thioether (sulfide) groups is 1. The van der Waals surface area contributed by atoms with Crippen LogP contribution in [0.2, 0.25) is 0 Å². The molecule has 1 heterocycles. The van der Waals surface area contributed by atoms with Crippen molar-refractivity contribution in [2.24, 2.45) is 5.41 Å². The number of carbonyl (C=O) groups is 1. The molecule has 0 atom stereocenters. The molecule has 0 aliphatic carbocycles. The molecule has 0 radical (unpaired) electrons. The highest BCUT2D eigenvalue weighted by Gasteiger charge is 2.18. The average Bonchev–Trinajstić information content (AvgIpc) is 2.82. The van der Waals surface area contributed by atoms with Crippen LogP contribution >= 0.6 is 11.8 Å². The molecule has 0 unspecified atom stereocenters. The first-order chi connectivity index (χ1) is 9.35. The quantitative estimate of drug-likeness (QED) is 0.711. The molecule has 1 rings (SSSR count). The van der Waals surface area contributed by atoms with E-state index in [4.69, 9.17) is 5.11 Å². The number of amides is 1. The molecule has 7 heteroatoms. The zero-order valence-electron chi connectivity index (χ0n) is 12.6. The Kier molecular flexibility index (Phi) is 6.48. The van der Waals surface area contributed by atoms with Crippen LogP contribution in [0.15, 0.2) is 11.5 Å². The second-order valence-electron chi connectivity index (χ2n) is 5.82. The van der Waals surface area contributed by atoms with Gasteiger partial charge in [0.2, 0.25) is 5.91 Å². The van der Waals surface area contributed by atoms with Crippen molar-refractivity contribution in [3.05, 3.63) is 6.33 Å². The average molecular weight is 300 g/mol. The lowest BCUT2D eigenvalue weighted by Crippen LogP contribution is -2.35. The Morgan fingerprint density at radius 2 is 2.25 bits per heavy atom. The van der Waals surface area contributed by atoms with Gasteiger partial charge in [0.15, 0.2) is 5.16 Å². The zero-order valence-corrected chi connectivity index (χ0v) is 13.4. The Morgan fingerprint density at radius 1 is 1.55 bits per heavy atom. The third-order valence-electron chi connectivity index (χ3n) is 2.98. The number of aromatic nitrogens is 3. The number of aliphatic hydroxyl groups excluding tert-OH is 1. The molecule has 0 saturated carbocycles. The summed E-state index contributed by atoms with van der Waals surface area (Å²) in [5.74, 6) is 0.292. The highest BCUT2D eigenvalue weighted by molar-refractivity contribution is 7.99. The molecule has 0 saturated heterocycles. The lowest BCUT2D eigenvalue weighted by molar-refractivity contribution is -0.119. The first-order valence-corrected chi connectivity index (χ1v) is 7.74. The van der Waals surface area contributed by atoms with Gasteiger partial charge in [-0.3, -0.25) is 4.79 Å². The van der Waals surface area contributed by atoms with Crippen LogP contribution < -0.4 is 5.32 Å². The van der Waals surface area contributed by atoms with Crippen molar-refractivity contribution in [2.45, 2.75) is 45.3 Å². The summed E-state index contributed by atoms with van der Waals surface area (Å²) in [6.45, 7) is 8.83. The molecule has 6 nitrogen and oxygen atoms in total. The number of rotatable bonds is 8. The van der Waals surface area contributed by atoms with Gasteiger partial charge in [-0.25, -0.2) is 0 Å². The van der Waals surface area contributed by atoms with E-state index < -0.39 is 0 Å². The summed E-state index contributed by atoms with van der Waals surface area (Å²) in [5.41, 5.74) is -0.0902. The minimum atomic E-state index is -0.0902. The normalized spacial score (nSPS) is 11.9. The van der Waals surface area contributed by atoms with Gasteiger partial charge in [0.25, 0.3) is 0 Å². The summed E-state index contributed by atoms with van der Waals surface area (Å²) < 4.78 is 1.94. The van der Waals surface area contributed by atoms with Crippen molar-refractivity contribution in [1.29, 1.82) is 0 Å². The summed E-state index contributed by atoms with van der Waals surface area (Å²) in [4.78, 5) is 11.8. The maximum absolute atomic E-state index is 11.8. The smallest absolute Gasteiger partial charge is 0.230 e. The number of hydrogen-bond acceptors (Lipinski definition) is 5. The van der Waals surface area contributed by atoms with Crippen LogP contribution in [0, 0.1) is 5.41 Å². The van der Waals surface area contributed by atoms with E-state index in [1.807, 2.05) is 32.3 Å². The molecule has 20 heavy (non-hydrogen) atoms. The molecule has 1 amide bonds. The maximum atomic E-state index is 11.8. The van der Waals surface area contributed by atoms with Gasteiger partial charge >= 0.3 is 0 Å². The van der Waals surface area contributed by atoms with Crippen LogP contribution in [0.25, 0.3) is 0 Å². The Morgan fingerprint density at radius 3 is 2.85 bits per heavy atom. The number of nitrogens with one attached hydrogen (secondary N) is 1. The molecule has 1 aromatic rings. The summed E-state index contributed by atoms with van der Waals surface area (Å²) in [6.07, 6.45) is 2.34. The van der Waals surface area contributed by atoms with Crippen molar-refractivity contribution in [1.82, 2.24) is 20.1 Å². The molecule has 0 aliphatic heterocycles. The van der Waals surface area contributed by atoms with Crippen molar-refractivity contribution < 1.29 is 9.90 Å². The van der Waals surface area contributed by atoms with Gasteiger partial charge in [-0.2, -0.15) is 0 Å². The van der Waals surface area contributed by atoms with Crippen molar-refractivity contribution in [3.63, 3.8) is 0 Å². The molecule has 2 N–H and O–H groups in total. The molecular weight excluding hydrogens is 276 g/mol. The maximum Gasteiger partial charge on any atom is 0.230 e. The first kappa shape index (κ1) is 17.0. The molecule has 0 aliphatic rings. The van der Waals surface area contributed by atoms with Crippen LogP contribution in [0.4, 0.5) is 0 Å². The summed E-state index contributed by atoms with van der Waals surface area (Å²) in [6, 6.07) is 0.277.